The summed E-state index contributed by atoms with van der Waals surface area (Å²) in [5, 5.41) is 17.4. The zero-order valence-electron chi connectivity index (χ0n) is 19.7. The lowest BCUT2D eigenvalue weighted by atomic mass is 9.87. The molecule has 184 valence electrons. The van der Waals surface area contributed by atoms with Gasteiger partial charge < -0.3 is 26.3 Å². The number of nitrogen functional groups attached to an aromatic ring is 1. The van der Waals surface area contributed by atoms with Crippen LogP contribution in [0.1, 0.15) is 47.9 Å². The van der Waals surface area contributed by atoms with Crippen molar-refractivity contribution in [3.63, 3.8) is 0 Å². The molecule has 3 aromatic heterocycles. The first-order chi connectivity index (χ1) is 17.5. The maximum atomic E-state index is 13.0. The fourth-order valence-corrected chi connectivity index (χ4v) is 5.53. The normalized spacial score (nSPS) is 21.0. The zero-order chi connectivity index (χ0) is 24.8. The number of hydrogen-bond donors (Lipinski definition) is 4. The van der Waals surface area contributed by atoms with Gasteiger partial charge in [0.25, 0.3) is 5.91 Å². The highest BCUT2D eigenvalue weighted by Crippen LogP contribution is 2.43. The van der Waals surface area contributed by atoms with Gasteiger partial charge in [-0.3, -0.25) is 4.79 Å². The van der Waals surface area contributed by atoms with E-state index in [9.17, 15) is 9.59 Å². The van der Waals surface area contributed by atoms with Gasteiger partial charge in [-0.1, -0.05) is 12.1 Å². The molecule has 2 bridgehead atoms. The van der Waals surface area contributed by atoms with E-state index >= 15 is 0 Å². The molecule has 12 heteroatoms. The SMILES string of the molecule is CNC(=O)Nc1ccc(-c2cnn3c(N)cc([C@@H]4C[C@H]5CC[C@@H](C4)N5C(=O)c4nnc[nH]4)nc23)cc1. The Balaban J connectivity index is 1.28. The number of nitrogens with one attached hydrogen (secondary N) is 3. The lowest BCUT2D eigenvalue weighted by Crippen LogP contribution is -2.46. The number of rotatable bonds is 4. The molecule has 6 rings (SSSR count). The van der Waals surface area contributed by atoms with Crippen LogP contribution in [0.3, 0.4) is 0 Å². The second kappa shape index (κ2) is 8.63. The number of aromatic nitrogens is 6. The molecular weight excluding hydrogens is 460 g/mol. The number of nitrogens with two attached hydrogens (primary N) is 1. The van der Waals surface area contributed by atoms with Crippen LogP contribution in [0, 0.1) is 0 Å². The molecule has 2 saturated heterocycles. The fourth-order valence-electron chi connectivity index (χ4n) is 5.53. The summed E-state index contributed by atoms with van der Waals surface area (Å²) in [6.07, 6.45) is 6.76. The van der Waals surface area contributed by atoms with E-state index in [0.717, 1.165) is 42.5 Å². The highest BCUT2D eigenvalue weighted by Gasteiger charge is 2.45. The minimum absolute atomic E-state index is 0.0891. The van der Waals surface area contributed by atoms with Gasteiger partial charge in [-0.15, -0.1) is 10.2 Å². The Kier molecular flexibility index (Phi) is 5.28. The number of carbonyl (C=O) groups excluding carboxylic acids is 2. The van der Waals surface area contributed by atoms with E-state index in [2.05, 4.69) is 30.9 Å². The van der Waals surface area contributed by atoms with Crippen molar-refractivity contribution in [2.24, 2.45) is 0 Å². The number of urea groups is 1. The molecule has 5 heterocycles. The Morgan fingerprint density at radius 1 is 1.14 bits per heavy atom. The van der Waals surface area contributed by atoms with Gasteiger partial charge in [0, 0.05) is 48.1 Å². The average Bonchev–Trinajstić information content (AvgIpc) is 3.63. The van der Waals surface area contributed by atoms with E-state index in [1.807, 2.05) is 35.2 Å². The summed E-state index contributed by atoms with van der Waals surface area (Å²) < 4.78 is 1.65. The third-order valence-electron chi connectivity index (χ3n) is 7.21. The monoisotopic (exact) mass is 486 g/mol. The van der Waals surface area contributed by atoms with Crippen molar-refractivity contribution in [3.05, 3.63) is 54.4 Å². The predicted octanol–water partition coefficient (Wildman–Crippen LogP) is 2.40. The van der Waals surface area contributed by atoms with Crippen molar-refractivity contribution >= 4 is 29.1 Å². The van der Waals surface area contributed by atoms with Crippen LogP contribution in [0.15, 0.2) is 42.9 Å². The van der Waals surface area contributed by atoms with Gasteiger partial charge in [0.1, 0.15) is 12.1 Å². The molecule has 0 radical (unpaired) electrons. The topological polar surface area (TPSA) is 159 Å². The number of piperidine rings is 1. The standard InChI is InChI=1S/C24H26N10O2/c1-26-24(36)30-15-4-2-13(3-5-15)18-11-29-34-20(25)10-19(31-22(18)34)14-8-16-6-7-17(9-14)33(16)23(35)21-27-12-28-32-21/h2-5,10-12,14,16-17H,6-9,25H2,1H3,(H2,26,30,36)(H,27,28,32)/t14-,16-,17+. The highest BCUT2D eigenvalue weighted by molar-refractivity contribution is 5.91. The first kappa shape index (κ1) is 22.0. The van der Waals surface area contributed by atoms with E-state index in [1.165, 1.54) is 6.33 Å². The number of anilines is 2. The number of nitrogens with zero attached hydrogens (tertiary/aromatic N) is 6. The molecule has 2 fully saturated rings. The summed E-state index contributed by atoms with van der Waals surface area (Å²) in [5.41, 5.74) is 10.5. The fraction of sp³-hybridized carbons (Fsp3) is 0.333. The van der Waals surface area contributed by atoms with Gasteiger partial charge in [-0.25, -0.2) is 9.78 Å². The number of hydrogen-bond acceptors (Lipinski definition) is 7. The van der Waals surface area contributed by atoms with E-state index in [1.54, 1.807) is 17.8 Å². The molecule has 5 N–H and O–H groups in total. The Bertz CT molecular complexity index is 1420. The molecule has 0 saturated carbocycles. The number of aromatic amines is 1. The van der Waals surface area contributed by atoms with Gasteiger partial charge in [0.2, 0.25) is 5.82 Å². The predicted molar refractivity (Wildman–Crippen MR) is 132 cm³/mol. The quantitative estimate of drug-likeness (QED) is 0.345. The van der Waals surface area contributed by atoms with Crippen LogP contribution in [-0.4, -0.2) is 65.7 Å². The Hall–Kier alpha value is -4.48. The molecule has 2 aliphatic rings. The summed E-state index contributed by atoms with van der Waals surface area (Å²) in [5.74, 6) is 0.908. The number of H-pyrrole nitrogens is 1. The molecule has 1 aromatic carbocycles. The maximum Gasteiger partial charge on any atom is 0.318 e. The van der Waals surface area contributed by atoms with Crippen LogP contribution in [-0.2, 0) is 0 Å². The first-order valence-corrected chi connectivity index (χ1v) is 11.9. The van der Waals surface area contributed by atoms with Crippen molar-refractivity contribution in [2.75, 3.05) is 18.1 Å². The first-order valence-electron chi connectivity index (χ1n) is 11.9. The van der Waals surface area contributed by atoms with Gasteiger partial charge in [-0.05, 0) is 43.4 Å². The summed E-state index contributed by atoms with van der Waals surface area (Å²) in [4.78, 5) is 34.4. The second-order valence-corrected chi connectivity index (χ2v) is 9.28. The molecule has 0 spiro atoms. The smallest absolute Gasteiger partial charge is 0.318 e. The molecular formula is C24H26N10O2. The summed E-state index contributed by atoms with van der Waals surface area (Å²) >= 11 is 0. The van der Waals surface area contributed by atoms with Gasteiger partial charge >= 0.3 is 6.03 Å². The van der Waals surface area contributed by atoms with Crippen molar-refractivity contribution in [1.82, 2.24) is 40.0 Å². The molecule has 36 heavy (non-hydrogen) atoms. The lowest BCUT2D eigenvalue weighted by Gasteiger charge is -2.38. The van der Waals surface area contributed by atoms with Crippen LogP contribution in [0.25, 0.3) is 16.8 Å². The summed E-state index contributed by atoms with van der Waals surface area (Å²) in [6.45, 7) is 0. The Morgan fingerprint density at radius 2 is 1.89 bits per heavy atom. The van der Waals surface area contributed by atoms with Crippen LogP contribution in [0.5, 0.6) is 0 Å². The molecule has 0 aliphatic carbocycles. The summed E-state index contributed by atoms with van der Waals surface area (Å²) in [7, 11) is 1.57. The van der Waals surface area contributed by atoms with Crippen LogP contribution < -0.4 is 16.4 Å². The van der Waals surface area contributed by atoms with Crippen LogP contribution in [0.2, 0.25) is 0 Å². The van der Waals surface area contributed by atoms with Crippen molar-refractivity contribution in [3.8, 4) is 11.1 Å². The average molecular weight is 487 g/mol. The van der Waals surface area contributed by atoms with E-state index < -0.39 is 0 Å². The van der Waals surface area contributed by atoms with Crippen molar-refractivity contribution in [2.45, 2.75) is 43.7 Å². The number of carbonyl (C=O) groups is 2. The number of amides is 3. The largest absolute Gasteiger partial charge is 0.384 e. The minimum Gasteiger partial charge on any atom is -0.384 e. The zero-order valence-corrected chi connectivity index (χ0v) is 19.7. The van der Waals surface area contributed by atoms with Crippen LogP contribution in [0.4, 0.5) is 16.3 Å². The van der Waals surface area contributed by atoms with Crippen molar-refractivity contribution < 1.29 is 9.59 Å². The van der Waals surface area contributed by atoms with E-state index in [-0.39, 0.29) is 35.8 Å². The molecule has 0 unspecified atom stereocenters. The van der Waals surface area contributed by atoms with Crippen LogP contribution >= 0.6 is 0 Å². The molecule has 12 nitrogen and oxygen atoms in total. The Labute approximate surface area is 206 Å². The highest BCUT2D eigenvalue weighted by atomic mass is 16.2. The summed E-state index contributed by atoms with van der Waals surface area (Å²) in [6, 6.07) is 9.39. The molecule has 3 atom stereocenters. The third kappa shape index (κ3) is 3.70. The Morgan fingerprint density at radius 3 is 2.56 bits per heavy atom. The molecule has 4 aromatic rings. The van der Waals surface area contributed by atoms with Gasteiger partial charge in [0.15, 0.2) is 5.65 Å². The van der Waals surface area contributed by atoms with E-state index in [0.29, 0.717) is 17.2 Å². The lowest BCUT2D eigenvalue weighted by molar-refractivity contribution is 0.0557. The molecule has 3 amide bonds. The van der Waals surface area contributed by atoms with Crippen molar-refractivity contribution in [1.29, 1.82) is 0 Å². The van der Waals surface area contributed by atoms with Gasteiger partial charge in [-0.2, -0.15) is 9.61 Å². The van der Waals surface area contributed by atoms with Gasteiger partial charge in [0.05, 0.1) is 6.20 Å². The third-order valence-corrected chi connectivity index (χ3v) is 7.21. The number of fused-ring (bicyclic) bond motifs is 3. The maximum absolute atomic E-state index is 13.0. The van der Waals surface area contributed by atoms with E-state index in [4.69, 9.17) is 10.7 Å². The number of benzene rings is 1. The molecule has 2 aliphatic heterocycles. The second-order valence-electron chi connectivity index (χ2n) is 9.28. The minimum atomic E-state index is -0.277.